The van der Waals surface area contributed by atoms with E-state index >= 15 is 0 Å². The number of rotatable bonds is 4. The molecule has 1 aliphatic rings. The normalized spacial score (nSPS) is 21.2. The first kappa shape index (κ1) is 14.3. The van der Waals surface area contributed by atoms with E-state index in [9.17, 15) is 14.7 Å². The van der Waals surface area contributed by atoms with Gasteiger partial charge in [-0.2, -0.15) is 0 Å². The summed E-state index contributed by atoms with van der Waals surface area (Å²) in [4.78, 5) is 22.1. The summed E-state index contributed by atoms with van der Waals surface area (Å²) >= 11 is 0. The summed E-state index contributed by atoms with van der Waals surface area (Å²) in [6, 6.07) is 6.66. The zero-order chi connectivity index (χ0) is 14.5. The average Bonchev–Trinajstić information content (AvgIpc) is 2.58. The maximum Gasteiger partial charge on any atom is 0.303 e. The number of carboxylic acid groups (broad SMARTS) is 1. The molecule has 1 aliphatic heterocycles. The first-order valence-electron chi connectivity index (χ1n) is 6.49. The highest BCUT2D eigenvalue weighted by atomic mass is 16.5. The van der Waals surface area contributed by atoms with E-state index in [4.69, 9.17) is 9.84 Å². The maximum atomic E-state index is 11.7. The number of para-hydroxylation sites is 1. The number of aliphatic hydroxyl groups excluding tert-OH is 1. The highest BCUT2D eigenvalue weighted by Gasteiger charge is 2.28. The first-order valence-corrected chi connectivity index (χ1v) is 6.49. The molecule has 1 aromatic rings. The van der Waals surface area contributed by atoms with Crippen molar-refractivity contribution in [1.29, 1.82) is 0 Å². The van der Waals surface area contributed by atoms with Gasteiger partial charge in [-0.25, -0.2) is 0 Å². The minimum absolute atomic E-state index is 0.0962. The smallest absolute Gasteiger partial charge is 0.303 e. The third-order valence-corrected chi connectivity index (χ3v) is 3.22. The van der Waals surface area contributed by atoms with Crippen LogP contribution in [0.5, 0.6) is 5.75 Å². The molecule has 6 nitrogen and oxygen atoms in total. The molecule has 20 heavy (non-hydrogen) atoms. The number of aliphatic hydroxyl groups is 1. The van der Waals surface area contributed by atoms with Crippen LogP contribution in [0, 0.1) is 0 Å². The second-order valence-electron chi connectivity index (χ2n) is 4.69. The lowest BCUT2D eigenvalue weighted by molar-refractivity contribution is -0.139. The maximum absolute atomic E-state index is 11.7. The molecule has 0 aromatic heterocycles. The van der Waals surface area contributed by atoms with Gasteiger partial charge in [-0.3, -0.25) is 9.59 Å². The van der Waals surface area contributed by atoms with Crippen LogP contribution in [0.3, 0.4) is 0 Å². The molecule has 2 atom stereocenters. The Hall–Kier alpha value is -2.08. The van der Waals surface area contributed by atoms with Crippen molar-refractivity contribution in [3.8, 4) is 5.75 Å². The third kappa shape index (κ3) is 3.48. The van der Waals surface area contributed by atoms with Gasteiger partial charge in [-0.15, -0.1) is 0 Å². The van der Waals surface area contributed by atoms with E-state index in [-0.39, 0.29) is 18.7 Å². The van der Waals surface area contributed by atoms with E-state index in [2.05, 4.69) is 5.32 Å². The van der Waals surface area contributed by atoms with Gasteiger partial charge < -0.3 is 20.3 Å². The van der Waals surface area contributed by atoms with Crippen LogP contribution in [0.1, 0.15) is 30.9 Å². The Labute approximate surface area is 116 Å². The fourth-order valence-electron chi connectivity index (χ4n) is 2.18. The van der Waals surface area contributed by atoms with Gasteiger partial charge in [0, 0.05) is 18.4 Å². The summed E-state index contributed by atoms with van der Waals surface area (Å²) < 4.78 is 5.52. The summed E-state index contributed by atoms with van der Waals surface area (Å²) in [6.45, 7) is 0.387. The van der Waals surface area contributed by atoms with E-state index in [0.29, 0.717) is 24.3 Å². The number of nitrogens with one attached hydrogen (secondary N) is 1. The Bertz CT molecular complexity index is 502. The van der Waals surface area contributed by atoms with Gasteiger partial charge in [0.05, 0.1) is 19.1 Å². The summed E-state index contributed by atoms with van der Waals surface area (Å²) in [5, 5.41) is 21.5. The van der Waals surface area contributed by atoms with Crippen molar-refractivity contribution in [2.45, 2.75) is 31.4 Å². The molecule has 0 fully saturated rings. The second-order valence-corrected chi connectivity index (χ2v) is 4.69. The lowest BCUT2D eigenvalue weighted by atomic mass is 10.00. The fraction of sp³-hybridized carbons (Fsp3) is 0.429. The van der Waals surface area contributed by atoms with Crippen molar-refractivity contribution in [1.82, 2.24) is 5.32 Å². The first-order chi connectivity index (χ1) is 9.58. The molecule has 108 valence electrons. The molecular weight excluding hydrogens is 262 g/mol. The number of aliphatic carboxylic acids is 1. The van der Waals surface area contributed by atoms with Gasteiger partial charge in [-0.05, 0) is 6.07 Å². The Balaban J connectivity index is 2.02. The zero-order valence-corrected chi connectivity index (χ0v) is 10.9. The van der Waals surface area contributed by atoms with Crippen LogP contribution in [-0.4, -0.2) is 34.7 Å². The number of benzene rings is 1. The topological polar surface area (TPSA) is 95.9 Å². The van der Waals surface area contributed by atoms with Gasteiger partial charge in [0.1, 0.15) is 11.9 Å². The molecule has 2 rings (SSSR count). The number of hydrogen-bond acceptors (Lipinski definition) is 4. The number of carboxylic acids is 1. The molecule has 0 saturated carbocycles. The van der Waals surface area contributed by atoms with E-state index in [1.54, 1.807) is 18.2 Å². The molecule has 0 radical (unpaired) electrons. The summed E-state index contributed by atoms with van der Waals surface area (Å²) in [5.41, 5.74) is 0.633. The number of amides is 1. The van der Waals surface area contributed by atoms with E-state index in [1.807, 2.05) is 6.07 Å². The average molecular weight is 279 g/mol. The summed E-state index contributed by atoms with van der Waals surface area (Å²) in [6.07, 6.45) is -0.709. The molecule has 6 heteroatoms. The van der Waals surface area contributed by atoms with Crippen LogP contribution < -0.4 is 10.1 Å². The molecule has 0 bridgehead atoms. The van der Waals surface area contributed by atoms with Crippen molar-refractivity contribution in [3.05, 3.63) is 29.8 Å². The monoisotopic (exact) mass is 279 g/mol. The van der Waals surface area contributed by atoms with Gasteiger partial charge in [-0.1, -0.05) is 18.2 Å². The Morgan fingerprint density at radius 3 is 2.80 bits per heavy atom. The molecule has 2 unspecified atom stereocenters. The van der Waals surface area contributed by atoms with Crippen molar-refractivity contribution >= 4 is 11.9 Å². The molecular formula is C14H17NO5. The van der Waals surface area contributed by atoms with Crippen molar-refractivity contribution in [3.63, 3.8) is 0 Å². The predicted octanol–water partition coefficient (Wildman–Crippen LogP) is 0.852. The van der Waals surface area contributed by atoms with E-state index in [1.165, 1.54) is 0 Å². The minimum atomic E-state index is -1.02. The number of fused-ring (bicyclic) bond motifs is 1. The third-order valence-electron chi connectivity index (χ3n) is 3.22. The fourth-order valence-corrected chi connectivity index (χ4v) is 2.18. The molecule has 0 aliphatic carbocycles. The largest absolute Gasteiger partial charge is 0.493 e. The number of hydrogen-bond donors (Lipinski definition) is 3. The van der Waals surface area contributed by atoms with Crippen molar-refractivity contribution in [2.24, 2.45) is 0 Å². The van der Waals surface area contributed by atoms with Crippen LogP contribution in [-0.2, 0) is 9.59 Å². The van der Waals surface area contributed by atoms with Gasteiger partial charge in [0.25, 0.3) is 0 Å². The van der Waals surface area contributed by atoms with Crippen LogP contribution >= 0.6 is 0 Å². The SMILES string of the molecule is O=C(O)CCC(=O)NC1CCOc2ccccc2C1O. The lowest BCUT2D eigenvalue weighted by Crippen LogP contribution is -2.39. The Morgan fingerprint density at radius 2 is 2.05 bits per heavy atom. The Morgan fingerprint density at radius 1 is 1.30 bits per heavy atom. The summed E-state index contributed by atoms with van der Waals surface area (Å²) in [5.74, 6) is -0.784. The quantitative estimate of drug-likeness (QED) is 0.759. The number of carbonyl (C=O) groups is 2. The highest BCUT2D eigenvalue weighted by molar-refractivity contribution is 5.80. The molecule has 1 heterocycles. The van der Waals surface area contributed by atoms with Crippen LogP contribution in [0.25, 0.3) is 0 Å². The van der Waals surface area contributed by atoms with Crippen molar-refractivity contribution in [2.75, 3.05) is 6.61 Å². The van der Waals surface area contributed by atoms with Gasteiger partial charge >= 0.3 is 5.97 Å². The zero-order valence-electron chi connectivity index (χ0n) is 10.9. The lowest BCUT2D eigenvalue weighted by Gasteiger charge is -2.21. The van der Waals surface area contributed by atoms with Crippen molar-refractivity contribution < 1.29 is 24.5 Å². The van der Waals surface area contributed by atoms with Gasteiger partial charge in [0.2, 0.25) is 5.91 Å². The molecule has 1 amide bonds. The molecule has 3 N–H and O–H groups in total. The van der Waals surface area contributed by atoms with Crippen LogP contribution in [0.15, 0.2) is 24.3 Å². The predicted molar refractivity (Wildman–Crippen MR) is 70.3 cm³/mol. The van der Waals surface area contributed by atoms with Crippen LogP contribution in [0.4, 0.5) is 0 Å². The van der Waals surface area contributed by atoms with Crippen LogP contribution in [0.2, 0.25) is 0 Å². The standard InChI is InChI=1S/C14H17NO5/c16-12(5-6-13(17)18)15-10-7-8-20-11-4-2-1-3-9(11)14(10)19/h1-4,10,14,19H,5-8H2,(H,15,16)(H,17,18). The minimum Gasteiger partial charge on any atom is -0.493 e. The number of ether oxygens (including phenoxy) is 1. The van der Waals surface area contributed by atoms with E-state index in [0.717, 1.165) is 0 Å². The summed E-state index contributed by atoms with van der Waals surface area (Å²) in [7, 11) is 0. The second kappa shape index (κ2) is 6.38. The molecule has 1 aromatic carbocycles. The molecule has 0 spiro atoms. The highest BCUT2D eigenvalue weighted by Crippen LogP contribution is 2.31. The number of carbonyl (C=O) groups excluding carboxylic acids is 1. The Kier molecular flexibility index (Phi) is 4.57. The molecule has 0 saturated heterocycles. The van der Waals surface area contributed by atoms with E-state index < -0.39 is 18.1 Å². The van der Waals surface area contributed by atoms with Gasteiger partial charge in [0.15, 0.2) is 0 Å².